The first-order valence-corrected chi connectivity index (χ1v) is 5.41. The maximum absolute atomic E-state index is 12.6. The lowest BCUT2D eigenvalue weighted by atomic mass is 10.1. The minimum atomic E-state index is -1.17. The molecule has 2 nitrogen and oxygen atoms in total. The Labute approximate surface area is 78.2 Å². The van der Waals surface area contributed by atoms with Crippen LogP contribution >= 0.6 is 0 Å². The molecule has 1 aromatic rings. The molecule has 1 atom stereocenters. The Balaban J connectivity index is 2.83. The van der Waals surface area contributed by atoms with E-state index in [1.807, 2.05) is 0 Å². The molecule has 0 saturated heterocycles. The van der Waals surface area contributed by atoms with Gasteiger partial charge in [-0.3, -0.25) is 9.00 Å². The molecule has 4 heteroatoms. The van der Waals surface area contributed by atoms with Gasteiger partial charge in [0.05, 0.1) is 5.75 Å². The molecule has 1 aromatic carbocycles. The highest BCUT2D eigenvalue weighted by Crippen LogP contribution is 2.04. The van der Waals surface area contributed by atoms with Crippen molar-refractivity contribution in [1.82, 2.24) is 0 Å². The van der Waals surface area contributed by atoms with E-state index in [1.165, 1.54) is 24.5 Å². The lowest BCUT2D eigenvalue weighted by Gasteiger charge is -1.97. The van der Waals surface area contributed by atoms with Gasteiger partial charge in [-0.05, 0) is 12.1 Å². The summed E-state index contributed by atoms with van der Waals surface area (Å²) < 4.78 is 23.3. The summed E-state index contributed by atoms with van der Waals surface area (Å²) in [5.41, 5.74) is 0.273. The van der Waals surface area contributed by atoms with Gasteiger partial charge in [0, 0.05) is 22.6 Å². The van der Waals surface area contributed by atoms with Crippen LogP contribution in [0.1, 0.15) is 10.4 Å². The van der Waals surface area contributed by atoms with Crippen molar-refractivity contribution in [3.8, 4) is 0 Å². The van der Waals surface area contributed by atoms with E-state index in [0.29, 0.717) is 0 Å². The number of benzene rings is 1. The van der Waals surface area contributed by atoms with E-state index in [4.69, 9.17) is 0 Å². The first kappa shape index (κ1) is 10.1. The number of carbonyl (C=O) groups is 1. The molecule has 0 radical (unpaired) electrons. The zero-order chi connectivity index (χ0) is 9.84. The summed E-state index contributed by atoms with van der Waals surface area (Å²) >= 11 is 0. The van der Waals surface area contributed by atoms with Crippen molar-refractivity contribution in [2.45, 2.75) is 0 Å². The van der Waals surface area contributed by atoms with Crippen LogP contribution in [-0.4, -0.2) is 22.0 Å². The molecule has 0 fully saturated rings. The van der Waals surface area contributed by atoms with Gasteiger partial charge in [0.2, 0.25) is 0 Å². The van der Waals surface area contributed by atoms with E-state index in [2.05, 4.69) is 0 Å². The summed E-state index contributed by atoms with van der Waals surface area (Å²) in [4.78, 5) is 11.2. The Morgan fingerprint density at radius 2 is 2.23 bits per heavy atom. The van der Waals surface area contributed by atoms with Gasteiger partial charge >= 0.3 is 0 Å². The zero-order valence-electron chi connectivity index (χ0n) is 7.12. The molecule has 0 spiro atoms. The quantitative estimate of drug-likeness (QED) is 0.691. The highest BCUT2D eigenvalue weighted by atomic mass is 32.2. The van der Waals surface area contributed by atoms with E-state index < -0.39 is 16.6 Å². The number of rotatable bonds is 3. The van der Waals surface area contributed by atoms with Crippen LogP contribution in [-0.2, 0) is 10.8 Å². The van der Waals surface area contributed by atoms with Crippen molar-refractivity contribution in [3.63, 3.8) is 0 Å². The number of Topliss-reactive ketones (excluding diaryl/α,β-unsaturated/α-hetero) is 1. The summed E-state index contributed by atoms with van der Waals surface area (Å²) in [7, 11) is -1.17. The molecule has 0 N–H and O–H groups in total. The number of carbonyl (C=O) groups excluding carboxylic acids is 1. The summed E-state index contributed by atoms with van der Waals surface area (Å²) in [6.45, 7) is 0. The smallest absolute Gasteiger partial charge is 0.175 e. The van der Waals surface area contributed by atoms with Gasteiger partial charge in [-0.25, -0.2) is 4.39 Å². The Bertz CT molecular complexity index is 349. The summed E-state index contributed by atoms with van der Waals surface area (Å²) in [6.07, 6.45) is 1.44. The first-order chi connectivity index (χ1) is 6.09. The number of hydrogen-bond donors (Lipinski definition) is 0. The highest BCUT2D eigenvalue weighted by Gasteiger charge is 2.07. The van der Waals surface area contributed by atoms with Gasteiger partial charge in [0.1, 0.15) is 5.82 Å². The second-order valence-electron chi connectivity index (χ2n) is 2.65. The van der Waals surface area contributed by atoms with Crippen LogP contribution in [0, 0.1) is 5.82 Å². The number of hydrogen-bond acceptors (Lipinski definition) is 2. The molecule has 0 amide bonds. The van der Waals surface area contributed by atoms with E-state index in [1.54, 1.807) is 0 Å². The van der Waals surface area contributed by atoms with Crippen molar-refractivity contribution in [2.24, 2.45) is 0 Å². The summed E-state index contributed by atoms with van der Waals surface area (Å²) in [5, 5.41) is 0. The van der Waals surface area contributed by atoms with Crippen LogP contribution in [0.25, 0.3) is 0 Å². The normalized spacial score (nSPS) is 12.5. The van der Waals surface area contributed by atoms with Crippen molar-refractivity contribution >= 4 is 16.6 Å². The average molecular weight is 200 g/mol. The molecule has 0 aliphatic heterocycles. The molecular weight excluding hydrogens is 191 g/mol. The van der Waals surface area contributed by atoms with Crippen LogP contribution in [0.2, 0.25) is 0 Å². The van der Waals surface area contributed by atoms with Gasteiger partial charge in [-0.2, -0.15) is 0 Å². The second kappa shape index (κ2) is 4.28. The molecule has 1 unspecified atom stereocenters. The molecule has 13 heavy (non-hydrogen) atoms. The van der Waals surface area contributed by atoms with Crippen LogP contribution < -0.4 is 0 Å². The van der Waals surface area contributed by atoms with E-state index in [-0.39, 0.29) is 17.1 Å². The number of ketones is 1. The molecule has 0 aliphatic rings. The van der Waals surface area contributed by atoms with Gasteiger partial charge < -0.3 is 0 Å². The molecule has 0 saturated carbocycles. The number of halogens is 1. The molecule has 0 aliphatic carbocycles. The lowest BCUT2D eigenvalue weighted by molar-refractivity contribution is 0.102. The van der Waals surface area contributed by atoms with Crippen molar-refractivity contribution in [1.29, 1.82) is 0 Å². The fraction of sp³-hybridized carbons (Fsp3) is 0.222. The van der Waals surface area contributed by atoms with E-state index in [9.17, 15) is 13.4 Å². The van der Waals surface area contributed by atoms with Gasteiger partial charge in [-0.15, -0.1) is 0 Å². The SMILES string of the molecule is CS(=O)CC(=O)c1cccc(F)c1. The average Bonchev–Trinajstić information content (AvgIpc) is 2.03. The van der Waals surface area contributed by atoms with Crippen LogP contribution in [0.3, 0.4) is 0 Å². The topological polar surface area (TPSA) is 34.1 Å². The minimum absolute atomic E-state index is 0.0521. The van der Waals surface area contributed by atoms with Crippen LogP contribution in [0.4, 0.5) is 4.39 Å². The molecule has 1 rings (SSSR count). The third-order valence-corrected chi connectivity index (χ3v) is 2.15. The third-order valence-electron chi connectivity index (χ3n) is 1.48. The van der Waals surface area contributed by atoms with Crippen LogP contribution in [0.15, 0.2) is 24.3 Å². The molecule has 0 bridgehead atoms. The minimum Gasteiger partial charge on any atom is -0.293 e. The Kier molecular flexibility index (Phi) is 3.31. The lowest BCUT2D eigenvalue weighted by Crippen LogP contribution is -2.09. The zero-order valence-corrected chi connectivity index (χ0v) is 7.94. The predicted octanol–water partition coefficient (Wildman–Crippen LogP) is 1.39. The molecule has 0 heterocycles. The van der Waals surface area contributed by atoms with Crippen molar-refractivity contribution in [3.05, 3.63) is 35.6 Å². The molecule has 70 valence electrons. The van der Waals surface area contributed by atoms with Crippen molar-refractivity contribution < 1.29 is 13.4 Å². The Morgan fingerprint density at radius 1 is 1.54 bits per heavy atom. The Hall–Kier alpha value is -1.03. The largest absolute Gasteiger partial charge is 0.293 e. The summed E-state index contributed by atoms with van der Waals surface area (Å²) in [5.74, 6) is -0.795. The van der Waals surface area contributed by atoms with E-state index >= 15 is 0 Å². The van der Waals surface area contributed by atoms with Crippen LogP contribution in [0.5, 0.6) is 0 Å². The van der Waals surface area contributed by atoms with Gasteiger partial charge in [-0.1, -0.05) is 12.1 Å². The van der Waals surface area contributed by atoms with Gasteiger partial charge in [0.15, 0.2) is 5.78 Å². The van der Waals surface area contributed by atoms with Gasteiger partial charge in [0.25, 0.3) is 0 Å². The van der Waals surface area contributed by atoms with Crippen molar-refractivity contribution in [2.75, 3.05) is 12.0 Å². The maximum Gasteiger partial charge on any atom is 0.175 e. The molecular formula is C9H9FO2S. The highest BCUT2D eigenvalue weighted by molar-refractivity contribution is 7.85. The fourth-order valence-corrected chi connectivity index (χ4v) is 1.47. The third kappa shape index (κ3) is 3.06. The predicted molar refractivity (Wildman–Crippen MR) is 49.7 cm³/mol. The monoisotopic (exact) mass is 200 g/mol. The second-order valence-corrected chi connectivity index (χ2v) is 4.09. The standard InChI is InChI=1S/C9H9FO2S/c1-13(12)6-9(11)7-3-2-4-8(10)5-7/h2-5H,6H2,1H3. The fourth-order valence-electron chi connectivity index (χ4n) is 0.930. The summed E-state index contributed by atoms with van der Waals surface area (Å²) in [6, 6.07) is 5.38. The van der Waals surface area contributed by atoms with E-state index in [0.717, 1.165) is 6.07 Å². The maximum atomic E-state index is 12.6. The first-order valence-electron chi connectivity index (χ1n) is 3.68. The Morgan fingerprint density at radius 3 is 2.77 bits per heavy atom. The molecule has 0 aromatic heterocycles.